The Balaban J connectivity index is 0.00000147. The summed E-state index contributed by atoms with van der Waals surface area (Å²) in [6.45, 7) is 6.67. The van der Waals surface area contributed by atoms with Gasteiger partial charge in [-0.2, -0.15) is 0 Å². The third-order valence-electron chi connectivity index (χ3n) is 4.60. The highest BCUT2D eigenvalue weighted by atomic mass is 35.5. The van der Waals surface area contributed by atoms with Crippen molar-refractivity contribution < 1.29 is 4.74 Å². The number of benzene rings is 1. The molecule has 2 unspecified atom stereocenters. The van der Waals surface area contributed by atoms with Crippen LogP contribution in [0.1, 0.15) is 24.5 Å². The van der Waals surface area contributed by atoms with E-state index in [0.29, 0.717) is 12.0 Å². The van der Waals surface area contributed by atoms with Gasteiger partial charge < -0.3 is 10.1 Å². The lowest BCUT2D eigenvalue weighted by molar-refractivity contribution is -0.00739. The van der Waals surface area contributed by atoms with Crippen molar-refractivity contribution in [1.82, 2.24) is 4.90 Å². The average molecular weight is 297 g/mol. The van der Waals surface area contributed by atoms with Crippen molar-refractivity contribution in [2.24, 2.45) is 5.92 Å². The van der Waals surface area contributed by atoms with E-state index >= 15 is 0 Å². The van der Waals surface area contributed by atoms with E-state index in [0.717, 1.165) is 19.6 Å². The molecule has 4 heteroatoms. The molecule has 0 amide bonds. The molecule has 3 nitrogen and oxygen atoms in total. The molecule has 2 aliphatic heterocycles. The molecule has 3 rings (SSSR count). The van der Waals surface area contributed by atoms with Gasteiger partial charge in [-0.1, -0.05) is 25.1 Å². The smallest absolute Gasteiger partial charge is 0.0724 e. The van der Waals surface area contributed by atoms with Crippen LogP contribution in [0.25, 0.3) is 0 Å². The zero-order valence-corrected chi connectivity index (χ0v) is 13.2. The predicted molar refractivity (Wildman–Crippen MR) is 85.7 cm³/mol. The molecule has 0 bridgehead atoms. The first-order valence-electron chi connectivity index (χ1n) is 7.37. The van der Waals surface area contributed by atoms with Gasteiger partial charge in [-0.05, 0) is 36.4 Å². The number of hydrogen-bond acceptors (Lipinski definition) is 3. The fraction of sp³-hybridized carbons (Fsp3) is 0.625. The van der Waals surface area contributed by atoms with Gasteiger partial charge in [-0.15, -0.1) is 12.4 Å². The van der Waals surface area contributed by atoms with E-state index in [4.69, 9.17) is 4.74 Å². The second-order valence-corrected chi connectivity index (χ2v) is 5.90. The number of nitrogens with zero attached hydrogens (tertiary/aromatic N) is 1. The van der Waals surface area contributed by atoms with E-state index in [2.05, 4.69) is 35.3 Å². The van der Waals surface area contributed by atoms with Gasteiger partial charge in [0.1, 0.15) is 0 Å². The van der Waals surface area contributed by atoms with Crippen molar-refractivity contribution in [2.45, 2.75) is 32.4 Å². The van der Waals surface area contributed by atoms with Crippen LogP contribution < -0.4 is 5.32 Å². The van der Waals surface area contributed by atoms with Crippen LogP contribution >= 0.6 is 12.4 Å². The van der Waals surface area contributed by atoms with Gasteiger partial charge in [-0.25, -0.2) is 0 Å². The first-order valence-corrected chi connectivity index (χ1v) is 7.37. The number of rotatable bonds is 3. The highest BCUT2D eigenvalue weighted by molar-refractivity contribution is 5.85. The summed E-state index contributed by atoms with van der Waals surface area (Å²) in [5.74, 6) is 0.681. The molecule has 1 fully saturated rings. The molecule has 1 saturated heterocycles. The van der Waals surface area contributed by atoms with Crippen LogP contribution in [0, 0.1) is 5.92 Å². The Kier molecular flexibility index (Phi) is 5.30. The number of nitrogens with one attached hydrogen (secondary N) is 1. The van der Waals surface area contributed by atoms with E-state index in [9.17, 15) is 0 Å². The number of halogens is 1. The number of fused-ring (bicyclic) bond motifs is 1. The molecular formula is C16H25ClN2O. The van der Waals surface area contributed by atoms with E-state index in [1.165, 1.54) is 36.2 Å². The predicted octanol–water partition coefficient (Wildman–Crippen LogP) is 2.93. The molecule has 20 heavy (non-hydrogen) atoms. The van der Waals surface area contributed by atoms with Crippen LogP contribution in [0.15, 0.2) is 18.2 Å². The van der Waals surface area contributed by atoms with E-state index in [-0.39, 0.29) is 12.4 Å². The number of para-hydroxylation sites is 1. The standard InChI is InChI=1S/C16H24N2O.ClH/c1-12-7-9-18(11-15(12)19-2)10-14-5-3-4-13-6-8-17-16(13)14;/h3-5,12,15,17H,6-11H2,1-2H3;1H. The van der Waals surface area contributed by atoms with E-state index < -0.39 is 0 Å². The molecule has 0 radical (unpaired) electrons. The van der Waals surface area contributed by atoms with Gasteiger partial charge in [-0.3, -0.25) is 4.90 Å². The van der Waals surface area contributed by atoms with E-state index in [1.807, 2.05) is 7.11 Å². The van der Waals surface area contributed by atoms with Crippen LogP contribution in [0.3, 0.4) is 0 Å². The third-order valence-corrected chi connectivity index (χ3v) is 4.60. The Bertz CT molecular complexity index is 452. The summed E-state index contributed by atoms with van der Waals surface area (Å²) in [5.41, 5.74) is 4.31. The number of likely N-dealkylation sites (tertiary alicyclic amines) is 1. The second-order valence-electron chi connectivity index (χ2n) is 5.90. The van der Waals surface area contributed by atoms with Crippen LogP contribution in [-0.4, -0.2) is 37.7 Å². The van der Waals surface area contributed by atoms with Gasteiger partial charge in [0.25, 0.3) is 0 Å². The minimum Gasteiger partial charge on any atom is -0.384 e. The molecule has 1 N–H and O–H groups in total. The summed E-state index contributed by atoms with van der Waals surface area (Å²) >= 11 is 0. The summed E-state index contributed by atoms with van der Waals surface area (Å²) in [6, 6.07) is 6.70. The molecule has 0 aromatic heterocycles. The summed E-state index contributed by atoms with van der Waals surface area (Å²) < 4.78 is 5.61. The minimum absolute atomic E-state index is 0. The van der Waals surface area contributed by atoms with Crippen LogP contribution in [-0.2, 0) is 17.7 Å². The maximum atomic E-state index is 5.61. The highest BCUT2D eigenvalue weighted by Gasteiger charge is 2.26. The molecular weight excluding hydrogens is 272 g/mol. The number of ether oxygens (including phenoxy) is 1. The van der Waals surface area contributed by atoms with Gasteiger partial charge in [0.05, 0.1) is 6.10 Å². The van der Waals surface area contributed by atoms with Crippen molar-refractivity contribution in [3.63, 3.8) is 0 Å². The summed E-state index contributed by atoms with van der Waals surface area (Å²) in [7, 11) is 1.84. The highest BCUT2D eigenvalue weighted by Crippen LogP contribution is 2.29. The minimum atomic E-state index is 0. The summed E-state index contributed by atoms with van der Waals surface area (Å²) in [5, 5.41) is 3.53. The topological polar surface area (TPSA) is 24.5 Å². The van der Waals surface area contributed by atoms with Crippen molar-refractivity contribution in [1.29, 1.82) is 0 Å². The Morgan fingerprint density at radius 3 is 3.05 bits per heavy atom. The Morgan fingerprint density at radius 2 is 2.25 bits per heavy atom. The van der Waals surface area contributed by atoms with Crippen LogP contribution in [0.2, 0.25) is 0 Å². The van der Waals surface area contributed by atoms with Crippen molar-refractivity contribution in [3.8, 4) is 0 Å². The molecule has 2 heterocycles. The number of anilines is 1. The maximum Gasteiger partial charge on any atom is 0.0724 e. The van der Waals surface area contributed by atoms with Gasteiger partial charge >= 0.3 is 0 Å². The molecule has 112 valence electrons. The fourth-order valence-corrected chi connectivity index (χ4v) is 3.33. The normalized spacial score (nSPS) is 25.7. The maximum absolute atomic E-state index is 5.61. The third kappa shape index (κ3) is 3.11. The Hall–Kier alpha value is -0.770. The second kappa shape index (κ2) is 6.79. The average Bonchev–Trinajstić information content (AvgIpc) is 2.90. The van der Waals surface area contributed by atoms with Crippen molar-refractivity contribution in [3.05, 3.63) is 29.3 Å². The number of hydrogen-bond donors (Lipinski definition) is 1. The zero-order valence-electron chi connectivity index (χ0n) is 12.4. The van der Waals surface area contributed by atoms with Gasteiger partial charge in [0.15, 0.2) is 0 Å². The molecule has 2 aliphatic rings. The lowest BCUT2D eigenvalue weighted by Crippen LogP contribution is -2.43. The number of methoxy groups -OCH3 is 1. The molecule has 0 spiro atoms. The van der Waals surface area contributed by atoms with Crippen LogP contribution in [0.5, 0.6) is 0 Å². The first kappa shape index (κ1) is 15.6. The lowest BCUT2D eigenvalue weighted by Gasteiger charge is -2.36. The van der Waals surface area contributed by atoms with Crippen molar-refractivity contribution >= 4 is 18.1 Å². The van der Waals surface area contributed by atoms with Gasteiger partial charge in [0, 0.05) is 32.4 Å². The SMILES string of the molecule is COC1CN(Cc2cccc3c2NCC3)CCC1C.Cl. The Morgan fingerprint density at radius 1 is 1.40 bits per heavy atom. The van der Waals surface area contributed by atoms with Crippen molar-refractivity contribution in [2.75, 3.05) is 32.1 Å². The zero-order chi connectivity index (χ0) is 13.2. The molecule has 0 saturated carbocycles. The fourth-order valence-electron chi connectivity index (χ4n) is 3.33. The molecule has 0 aliphatic carbocycles. The van der Waals surface area contributed by atoms with Gasteiger partial charge in [0.2, 0.25) is 0 Å². The first-order chi connectivity index (χ1) is 9.28. The summed E-state index contributed by atoms with van der Waals surface area (Å²) in [4.78, 5) is 2.53. The lowest BCUT2D eigenvalue weighted by atomic mass is 9.95. The summed E-state index contributed by atoms with van der Waals surface area (Å²) in [6.07, 6.45) is 2.79. The monoisotopic (exact) mass is 296 g/mol. The van der Waals surface area contributed by atoms with E-state index in [1.54, 1.807) is 0 Å². The quantitative estimate of drug-likeness (QED) is 0.928. The number of piperidine rings is 1. The van der Waals surface area contributed by atoms with Crippen LogP contribution in [0.4, 0.5) is 5.69 Å². The molecule has 1 aromatic carbocycles. The molecule has 2 atom stereocenters. The molecule has 1 aromatic rings. The Labute approximate surface area is 128 Å². The largest absolute Gasteiger partial charge is 0.384 e.